The Hall–Kier alpha value is -2.10. The average Bonchev–Trinajstić information content (AvgIpc) is 2.67. The Labute approximate surface area is 197 Å². The van der Waals surface area contributed by atoms with Gasteiger partial charge in [-0.3, -0.25) is 9.59 Å². The van der Waals surface area contributed by atoms with Crippen LogP contribution in [0.1, 0.15) is 75.6 Å². The van der Waals surface area contributed by atoms with Gasteiger partial charge in [0.1, 0.15) is 0 Å². The molecule has 1 radical (unpaired) electrons. The number of rotatable bonds is 8. The Bertz CT molecular complexity index is 726. The number of aliphatic carboxylic acids is 2. The van der Waals surface area contributed by atoms with E-state index in [0.29, 0.717) is 11.8 Å². The number of carbonyl (C=O) groups is 2. The number of hydrogen-bond acceptors (Lipinski definition) is 2. The maximum absolute atomic E-state index is 10.8. The van der Waals surface area contributed by atoms with E-state index in [4.69, 9.17) is 10.2 Å². The van der Waals surface area contributed by atoms with E-state index in [-0.39, 0.29) is 17.1 Å². The average molecular weight is 476 g/mol. The molecule has 175 valence electrons. The monoisotopic (exact) mass is 475 g/mol. The van der Waals surface area contributed by atoms with Crippen LogP contribution in [-0.4, -0.2) is 22.2 Å². The summed E-state index contributed by atoms with van der Waals surface area (Å²) in [5.41, 5.74) is 4.28. The van der Waals surface area contributed by atoms with Crippen LogP contribution in [0, 0.1) is 11.8 Å². The van der Waals surface area contributed by atoms with Gasteiger partial charge in [-0.2, -0.15) is 0 Å². The summed E-state index contributed by atoms with van der Waals surface area (Å²) in [5, 5.41) is 17.7. The molecule has 0 spiro atoms. The van der Waals surface area contributed by atoms with Crippen molar-refractivity contribution < 1.29 is 36.9 Å². The van der Waals surface area contributed by atoms with Crippen molar-refractivity contribution in [2.75, 3.05) is 0 Å². The van der Waals surface area contributed by atoms with Crippen molar-refractivity contribution in [1.82, 2.24) is 0 Å². The van der Waals surface area contributed by atoms with Crippen LogP contribution in [-0.2, 0) is 39.5 Å². The topological polar surface area (TPSA) is 74.6 Å². The fraction of sp³-hybridized carbons (Fsp3) is 0.462. The zero-order valence-electron chi connectivity index (χ0n) is 19.4. The van der Waals surface area contributed by atoms with Crippen molar-refractivity contribution in [3.8, 4) is 0 Å². The molecule has 0 fully saturated rings. The largest absolute Gasteiger partial charge is 0.481 e. The number of hydrogen-bond donors (Lipinski definition) is 2. The quantitative estimate of drug-likeness (QED) is 0.449. The Morgan fingerprint density at radius 2 is 0.871 bits per heavy atom. The minimum atomic E-state index is -0.772. The van der Waals surface area contributed by atoms with Crippen molar-refractivity contribution >= 4 is 11.9 Å². The van der Waals surface area contributed by atoms with Gasteiger partial charge in [-0.05, 0) is 60.8 Å². The summed E-state index contributed by atoms with van der Waals surface area (Å²) in [6.45, 7) is 12.1. The zero-order chi connectivity index (χ0) is 22.8. The molecule has 2 atom stereocenters. The van der Waals surface area contributed by atoms with Gasteiger partial charge in [0.2, 0.25) is 0 Å². The first-order valence-electron chi connectivity index (χ1n) is 10.6. The summed E-state index contributed by atoms with van der Waals surface area (Å²) in [6.07, 6.45) is 2.09. The van der Waals surface area contributed by atoms with Crippen molar-refractivity contribution in [2.45, 2.75) is 66.2 Å². The molecule has 0 bridgehead atoms. The smallest absolute Gasteiger partial charge is 0.310 e. The molecule has 0 aliphatic heterocycles. The summed E-state index contributed by atoms with van der Waals surface area (Å²) in [5.74, 6) is -1.12. The van der Waals surface area contributed by atoms with Gasteiger partial charge in [-0.15, -0.1) is 0 Å². The summed E-state index contributed by atoms with van der Waals surface area (Å²) >= 11 is 0. The molecule has 2 unspecified atom stereocenters. The summed E-state index contributed by atoms with van der Waals surface area (Å²) in [6, 6.07) is 15.7. The van der Waals surface area contributed by atoms with Crippen LogP contribution in [0.2, 0.25) is 0 Å². The third-order valence-electron chi connectivity index (χ3n) is 4.99. The Kier molecular flexibility index (Phi) is 13.1. The maximum atomic E-state index is 10.8. The molecule has 0 aliphatic rings. The van der Waals surface area contributed by atoms with Crippen molar-refractivity contribution in [3.63, 3.8) is 0 Å². The van der Waals surface area contributed by atoms with E-state index in [1.165, 1.54) is 11.1 Å². The van der Waals surface area contributed by atoms with E-state index in [1.54, 1.807) is 13.8 Å². The van der Waals surface area contributed by atoms with Gasteiger partial charge in [0.05, 0.1) is 11.8 Å². The third-order valence-corrected chi connectivity index (χ3v) is 4.99. The fourth-order valence-electron chi connectivity index (χ4n) is 3.11. The Morgan fingerprint density at radius 1 is 0.613 bits per heavy atom. The molecule has 31 heavy (non-hydrogen) atoms. The number of carboxylic acid groups (broad SMARTS) is 2. The zero-order valence-corrected chi connectivity index (χ0v) is 20.3. The van der Waals surface area contributed by atoms with Crippen LogP contribution in [0.15, 0.2) is 48.5 Å². The van der Waals surface area contributed by atoms with Gasteiger partial charge in [0.25, 0.3) is 0 Å². The second-order valence-corrected chi connectivity index (χ2v) is 8.80. The van der Waals surface area contributed by atoms with Crippen LogP contribution < -0.4 is 0 Å². The van der Waals surface area contributed by atoms with E-state index in [0.717, 1.165) is 24.0 Å². The summed E-state index contributed by atoms with van der Waals surface area (Å²) in [7, 11) is 0. The van der Waals surface area contributed by atoms with E-state index >= 15 is 0 Å². The van der Waals surface area contributed by atoms with Gasteiger partial charge in [-0.25, -0.2) is 0 Å². The van der Waals surface area contributed by atoms with E-state index in [9.17, 15) is 9.59 Å². The van der Waals surface area contributed by atoms with Gasteiger partial charge in [0, 0.05) is 17.1 Å². The molecule has 2 aromatic rings. The molecule has 0 aromatic heterocycles. The molecule has 5 heteroatoms. The number of carboxylic acids is 2. The minimum Gasteiger partial charge on any atom is -0.481 e. The maximum Gasteiger partial charge on any atom is 0.310 e. The van der Waals surface area contributed by atoms with E-state index in [1.807, 2.05) is 48.5 Å². The van der Waals surface area contributed by atoms with Crippen LogP contribution in [0.3, 0.4) is 0 Å². The second-order valence-electron chi connectivity index (χ2n) is 8.80. The first kappa shape index (κ1) is 28.9. The molecule has 0 saturated carbocycles. The van der Waals surface area contributed by atoms with Gasteiger partial charge >= 0.3 is 11.9 Å². The predicted molar refractivity (Wildman–Crippen MR) is 122 cm³/mol. The predicted octanol–water partition coefficient (Wildman–Crippen LogP) is 6.14. The molecular formula is C26H36CuO4. The standard InChI is InChI=1S/2C13H18O2.Cu/c2*1-9(2)8-11-4-6-12(7-5-11)10(3)13(14)15;/h2*4-7,9-10H,8H2,1-3H3,(H,14,15);. The molecule has 4 nitrogen and oxygen atoms in total. The van der Waals surface area contributed by atoms with Crippen LogP contribution in [0.4, 0.5) is 0 Å². The number of benzene rings is 2. The van der Waals surface area contributed by atoms with Crippen molar-refractivity contribution in [1.29, 1.82) is 0 Å². The normalized spacial score (nSPS) is 12.4. The van der Waals surface area contributed by atoms with Crippen LogP contribution in [0.5, 0.6) is 0 Å². The van der Waals surface area contributed by atoms with Crippen LogP contribution >= 0.6 is 0 Å². The molecule has 0 aliphatic carbocycles. The van der Waals surface area contributed by atoms with Gasteiger partial charge in [0.15, 0.2) is 0 Å². The molecule has 2 rings (SSSR count). The Balaban J connectivity index is 0.000000562. The molecule has 2 N–H and O–H groups in total. The SMILES string of the molecule is CC(C)Cc1ccc(C(C)C(=O)O)cc1.CC(C)Cc1ccc(C(C)C(=O)O)cc1.[Cu]. The summed E-state index contributed by atoms with van der Waals surface area (Å²) < 4.78 is 0. The fourth-order valence-corrected chi connectivity index (χ4v) is 3.11. The Morgan fingerprint density at radius 3 is 1.06 bits per heavy atom. The second kappa shape index (κ2) is 14.1. The summed E-state index contributed by atoms with van der Waals surface area (Å²) in [4.78, 5) is 21.5. The van der Waals surface area contributed by atoms with Gasteiger partial charge in [-0.1, -0.05) is 76.2 Å². The first-order chi connectivity index (χ1) is 14.0. The minimum absolute atomic E-state index is 0. The molecule has 2 aromatic carbocycles. The van der Waals surface area contributed by atoms with E-state index in [2.05, 4.69) is 27.7 Å². The first-order valence-corrected chi connectivity index (χ1v) is 10.6. The molecule has 0 amide bonds. The molecular weight excluding hydrogens is 440 g/mol. The molecule has 0 heterocycles. The van der Waals surface area contributed by atoms with Gasteiger partial charge < -0.3 is 10.2 Å². The van der Waals surface area contributed by atoms with Crippen molar-refractivity contribution in [2.24, 2.45) is 11.8 Å². The molecule has 0 saturated heterocycles. The third kappa shape index (κ3) is 10.7. The van der Waals surface area contributed by atoms with Crippen LogP contribution in [0.25, 0.3) is 0 Å². The van der Waals surface area contributed by atoms with Crippen molar-refractivity contribution in [3.05, 3.63) is 70.8 Å². The van der Waals surface area contributed by atoms with E-state index < -0.39 is 23.8 Å².